The van der Waals surface area contributed by atoms with Crippen LogP contribution < -0.4 is 0 Å². The largest absolute Gasteiger partial charge is 0.478 e. The van der Waals surface area contributed by atoms with Gasteiger partial charge in [-0.2, -0.15) is 5.26 Å². The molecule has 1 aromatic rings. The Hall–Kier alpha value is -1.93. The highest BCUT2D eigenvalue weighted by atomic mass is 19.3. The zero-order valence-electron chi connectivity index (χ0n) is 6.44. The fourth-order valence-electron chi connectivity index (χ4n) is 0.687. The summed E-state index contributed by atoms with van der Waals surface area (Å²) in [5.74, 6) is -0.977. The number of halogens is 1. The van der Waals surface area contributed by atoms with E-state index >= 15 is 0 Å². The van der Waals surface area contributed by atoms with Gasteiger partial charge in [-0.15, -0.1) is 0 Å². The van der Waals surface area contributed by atoms with Crippen molar-refractivity contribution >= 4 is 5.97 Å². The topological polar surface area (TPSA) is 81.3 Å². The van der Waals surface area contributed by atoms with E-state index in [-0.39, 0.29) is 5.56 Å². The fraction of sp³-hybridized carbons (Fsp3) is 0. The molecule has 0 saturated carbocycles. The number of carboxylic acid groups (broad SMARTS) is 1. The Labute approximate surface area is 73.4 Å². The first-order valence-electron chi connectivity index (χ1n) is 3.14. The zero-order valence-corrected chi connectivity index (χ0v) is 6.44. The molecule has 0 amide bonds. The number of hydrogen-bond acceptors (Lipinski definition) is 3. The van der Waals surface area contributed by atoms with Crippen molar-refractivity contribution in [2.45, 2.75) is 0 Å². The zero-order chi connectivity index (χ0) is 10.3. The van der Waals surface area contributed by atoms with Crippen molar-refractivity contribution in [3.63, 3.8) is 0 Å². The highest BCUT2D eigenvalue weighted by Crippen LogP contribution is 2.02. The Bertz CT molecular complexity index is 315. The van der Waals surface area contributed by atoms with Crippen molar-refractivity contribution in [1.29, 1.82) is 5.26 Å². The molecule has 0 bridgehead atoms. The third kappa shape index (κ3) is 3.31. The van der Waals surface area contributed by atoms with Crippen LogP contribution in [0, 0.1) is 11.3 Å². The normalized spacial score (nSPS) is 7.77. The second-order valence-corrected chi connectivity index (χ2v) is 1.99. The number of carboxylic acids is 1. The van der Waals surface area contributed by atoms with Gasteiger partial charge in [0.25, 0.3) is 0 Å². The molecular formula is C8H6FNO3. The second kappa shape index (κ2) is 5.69. The molecule has 0 unspecified atom stereocenters. The molecule has 68 valence electrons. The third-order valence-electron chi connectivity index (χ3n) is 1.26. The minimum atomic E-state index is -0.977. The van der Waals surface area contributed by atoms with E-state index in [2.05, 4.69) is 0 Å². The highest BCUT2D eigenvalue weighted by Gasteiger charge is 1.99. The number of nitriles is 1. The van der Waals surface area contributed by atoms with E-state index in [1.807, 2.05) is 6.07 Å². The predicted octanol–water partition coefficient (Wildman–Crippen LogP) is 1.12. The molecule has 13 heavy (non-hydrogen) atoms. The van der Waals surface area contributed by atoms with E-state index in [9.17, 15) is 4.79 Å². The lowest BCUT2D eigenvalue weighted by molar-refractivity contribution is -0.0441. The standard InChI is InChI=1S/C8H5NO2.FHO/c9-5-6-1-3-7(4-2-6)8(10)11;1-2/h1-4H,(H,10,11);2H. The van der Waals surface area contributed by atoms with Crippen molar-refractivity contribution in [2.24, 2.45) is 0 Å². The van der Waals surface area contributed by atoms with Gasteiger partial charge in [-0.05, 0) is 24.3 Å². The maximum absolute atomic E-state index is 10.3. The molecule has 1 rings (SSSR count). The van der Waals surface area contributed by atoms with Gasteiger partial charge < -0.3 is 5.11 Å². The van der Waals surface area contributed by atoms with Crippen molar-refractivity contribution < 1.29 is 19.7 Å². The van der Waals surface area contributed by atoms with Gasteiger partial charge in [0.15, 0.2) is 0 Å². The summed E-state index contributed by atoms with van der Waals surface area (Å²) < 4.78 is 8.50. The third-order valence-corrected chi connectivity index (χ3v) is 1.26. The van der Waals surface area contributed by atoms with Crippen LogP contribution in [0.3, 0.4) is 0 Å². The van der Waals surface area contributed by atoms with Crippen LogP contribution in [0.5, 0.6) is 0 Å². The summed E-state index contributed by atoms with van der Waals surface area (Å²) in [4.78, 5) is 10.3. The van der Waals surface area contributed by atoms with Crippen molar-refractivity contribution in [3.05, 3.63) is 35.4 Å². The quantitative estimate of drug-likeness (QED) is 0.683. The van der Waals surface area contributed by atoms with Crippen molar-refractivity contribution in [1.82, 2.24) is 0 Å². The van der Waals surface area contributed by atoms with Crippen LogP contribution in [0.15, 0.2) is 24.3 Å². The van der Waals surface area contributed by atoms with Gasteiger partial charge >= 0.3 is 5.97 Å². The Morgan fingerprint density at radius 3 is 2.08 bits per heavy atom. The predicted molar refractivity (Wildman–Crippen MR) is 41.4 cm³/mol. The van der Waals surface area contributed by atoms with Crippen molar-refractivity contribution in [2.75, 3.05) is 0 Å². The maximum Gasteiger partial charge on any atom is 0.335 e. The van der Waals surface area contributed by atoms with Crippen LogP contribution in [0.25, 0.3) is 0 Å². The monoisotopic (exact) mass is 183 g/mol. The Morgan fingerprint density at radius 1 is 1.31 bits per heavy atom. The van der Waals surface area contributed by atoms with Crippen LogP contribution in [0.4, 0.5) is 4.53 Å². The molecule has 2 N–H and O–H groups in total. The van der Waals surface area contributed by atoms with Gasteiger partial charge in [0, 0.05) is 0 Å². The Kier molecular flexibility index (Phi) is 4.84. The maximum atomic E-state index is 10.3. The lowest BCUT2D eigenvalue weighted by Gasteiger charge is -1.91. The van der Waals surface area contributed by atoms with Gasteiger partial charge in [-0.25, -0.2) is 10.1 Å². The molecule has 0 atom stereocenters. The lowest BCUT2D eigenvalue weighted by atomic mass is 10.1. The Morgan fingerprint density at radius 2 is 1.77 bits per heavy atom. The molecule has 1 aromatic carbocycles. The van der Waals surface area contributed by atoms with Gasteiger partial charge in [-0.3, -0.25) is 0 Å². The molecule has 0 aliphatic rings. The highest BCUT2D eigenvalue weighted by molar-refractivity contribution is 5.87. The summed E-state index contributed by atoms with van der Waals surface area (Å²) in [7, 11) is 0. The molecule has 0 saturated heterocycles. The van der Waals surface area contributed by atoms with Crippen LogP contribution in [-0.4, -0.2) is 16.4 Å². The average molecular weight is 183 g/mol. The molecule has 0 aromatic heterocycles. The molecule has 0 aliphatic heterocycles. The average Bonchev–Trinajstić information content (AvgIpc) is 2.21. The van der Waals surface area contributed by atoms with E-state index in [1.54, 1.807) is 0 Å². The summed E-state index contributed by atoms with van der Waals surface area (Å²) >= 11 is 0. The first-order chi connectivity index (χ1) is 6.24. The number of nitrogens with zero attached hydrogens (tertiary/aromatic N) is 1. The molecule has 0 spiro atoms. The van der Waals surface area contributed by atoms with Gasteiger partial charge in [0.1, 0.15) is 0 Å². The van der Waals surface area contributed by atoms with Gasteiger partial charge in [-0.1, -0.05) is 4.53 Å². The first-order valence-corrected chi connectivity index (χ1v) is 3.14. The lowest BCUT2D eigenvalue weighted by Crippen LogP contribution is -1.94. The summed E-state index contributed by atoms with van der Waals surface area (Å²) in [6.45, 7) is 0. The minimum Gasteiger partial charge on any atom is -0.478 e. The number of aromatic carboxylic acids is 1. The van der Waals surface area contributed by atoms with E-state index in [4.69, 9.17) is 20.2 Å². The second-order valence-electron chi connectivity index (χ2n) is 1.99. The molecule has 0 radical (unpaired) electrons. The minimum absolute atomic E-state index is 0.198. The molecule has 0 aliphatic carbocycles. The van der Waals surface area contributed by atoms with Crippen LogP contribution in [0.1, 0.15) is 15.9 Å². The SMILES string of the molecule is N#Cc1ccc(C(=O)O)cc1.OF. The number of benzene rings is 1. The van der Waals surface area contributed by atoms with Crippen LogP contribution >= 0.6 is 0 Å². The van der Waals surface area contributed by atoms with Crippen LogP contribution in [0.2, 0.25) is 0 Å². The Balaban J connectivity index is 0.000000671. The summed E-state index contributed by atoms with van der Waals surface area (Å²) in [5.41, 5.74) is 0.666. The van der Waals surface area contributed by atoms with Gasteiger partial charge in [0.2, 0.25) is 0 Å². The first kappa shape index (κ1) is 11.1. The van der Waals surface area contributed by atoms with Crippen LogP contribution in [-0.2, 0) is 0 Å². The van der Waals surface area contributed by atoms with Crippen molar-refractivity contribution in [3.8, 4) is 6.07 Å². The fourth-order valence-corrected chi connectivity index (χ4v) is 0.687. The van der Waals surface area contributed by atoms with E-state index in [1.165, 1.54) is 24.3 Å². The summed E-state index contributed by atoms with van der Waals surface area (Å²) in [6, 6.07) is 7.66. The molecule has 5 heteroatoms. The number of carbonyl (C=O) groups is 1. The summed E-state index contributed by atoms with van der Waals surface area (Å²) in [6.07, 6.45) is 0. The summed E-state index contributed by atoms with van der Waals surface area (Å²) in [5, 5.41) is 22.3. The molecular weight excluding hydrogens is 177 g/mol. The molecule has 0 heterocycles. The van der Waals surface area contributed by atoms with E-state index in [0.29, 0.717) is 5.56 Å². The number of hydrogen-bond donors (Lipinski definition) is 2. The van der Waals surface area contributed by atoms with E-state index < -0.39 is 5.97 Å². The molecule has 0 fully saturated rings. The number of rotatable bonds is 1. The smallest absolute Gasteiger partial charge is 0.335 e. The van der Waals surface area contributed by atoms with E-state index in [0.717, 1.165) is 0 Å². The van der Waals surface area contributed by atoms with Gasteiger partial charge in [0.05, 0.1) is 17.2 Å². The molecule has 4 nitrogen and oxygen atoms in total.